The lowest BCUT2D eigenvalue weighted by Crippen LogP contribution is -2.44. The second kappa shape index (κ2) is 6.16. The van der Waals surface area contributed by atoms with Gasteiger partial charge in [0.1, 0.15) is 11.8 Å². The van der Waals surface area contributed by atoms with E-state index in [1.807, 2.05) is 32.9 Å². The van der Waals surface area contributed by atoms with Gasteiger partial charge in [-0.15, -0.1) is 0 Å². The van der Waals surface area contributed by atoms with Gasteiger partial charge in [-0.1, -0.05) is 24.3 Å². The lowest BCUT2D eigenvalue weighted by atomic mass is 10.1. The number of nitrogens with zero attached hydrogens (tertiary/aromatic N) is 1. The molecule has 2 amide bonds. The fourth-order valence-electron chi connectivity index (χ4n) is 2.93. The van der Waals surface area contributed by atoms with Gasteiger partial charge in [-0.25, -0.2) is 4.79 Å². The third-order valence-corrected chi connectivity index (χ3v) is 4.63. The minimum absolute atomic E-state index is 0.315. The van der Waals surface area contributed by atoms with Gasteiger partial charge < -0.3 is 4.74 Å². The molecular formula is C20H19NO4. The summed E-state index contributed by atoms with van der Waals surface area (Å²) in [6.45, 7) is 7.16. The van der Waals surface area contributed by atoms with Crippen molar-refractivity contribution in [3.8, 4) is 5.75 Å². The highest BCUT2D eigenvalue weighted by Crippen LogP contribution is 2.28. The zero-order valence-corrected chi connectivity index (χ0v) is 14.6. The summed E-state index contributed by atoms with van der Waals surface area (Å²) in [4.78, 5) is 38.5. The van der Waals surface area contributed by atoms with Gasteiger partial charge >= 0.3 is 5.97 Å². The van der Waals surface area contributed by atoms with Gasteiger partial charge in [0.2, 0.25) is 0 Å². The molecule has 0 N–H and O–H groups in total. The van der Waals surface area contributed by atoms with Crippen molar-refractivity contribution in [2.24, 2.45) is 0 Å². The average Bonchev–Trinajstić information content (AvgIpc) is 2.86. The zero-order valence-electron chi connectivity index (χ0n) is 14.6. The molecular weight excluding hydrogens is 318 g/mol. The summed E-state index contributed by atoms with van der Waals surface area (Å²) in [7, 11) is 0. The van der Waals surface area contributed by atoms with E-state index in [2.05, 4.69) is 0 Å². The van der Waals surface area contributed by atoms with Crippen LogP contribution in [0.4, 0.5) is 0 Å². The van der Waals surface area contributed by atoms with E-state index in [0.717, 1.165) is 21.6 Å². The quantitative estimate of drug-likeness (QED) is 0.490. The van der Waals surface area contributed by atoms with Crippen molar-refractivity contribution in [1.82, 2.24) is 4.90 Å². The van der Waals surface area contributed by atoms with E-state index < -0.39 is 23.8 Å². The SMILES string of the molecule is Cc1ccc(C)c(OC(=O)C(C)N2C(=O)c3ccccc3C2=O)c1C. The van der Waals surface area contributed by atoms with Gasteiger partial charge in [0.25, 0.3) is 11.8 Å². The maximum absolute atomic E-state index is 12.6. The second-order valence-corrected chi connectivity index (χ2v) is 6.28. The highest BCUT2D eigenvalue weighted by molar-refractivity contribution is 6.22. The second-order valence-electron chi connectivity index (χ2n) is 6.28. The van der Waals surface area contributed by atoms with Gasteiger partial charge in [-0.3, -0.25) is 14.5 Å². The molecule has 5 nitrogen and oxygen atoms in total. The Kier molecular flexibility index (Phi) is 4.17. The maximum Gasteiger partial charge on any atom is 0.334 e. The maximum atomic E-state index is 12.6. The predicted molar refractivity (Wildman–Crippen MR) is 92.7 cm³/mol. The number of rotatable bonds is 3. The number of hydrogen-bond acceptors (Lipinski definition) is 4. The van der Waals surface area contributed by atoms with Gasteiger partial charge in [-0.05, 0) is 56.5 Å². The van der Waals surface area contributed by atoms with E-state index >= 15 is 0 Å². The molecule has 0 bridgehead atoms. The summed E-state index contributed by atoms with van der Waals surface area (Å²) >= 11 is 0. The number of ether oxygens (including phenoxy) is 1. The molecule has 25 heavy (non-hydrogen) atoms. The van der Waals surface area contributed by atoms with E-state index in [4.69, 9.17) is 4.74 Å². The number of imide groups is 1. The van der Waals surface area contributed by atoms with E-state index in [0.29, 0.717) is 16.9 Å². The van der Waals surface area contributed by atoms with Gasteiger partial charge in [0.05, 0.1) is 11.1 Å². The van der Waals surface area contributed by atoms with Crippen LogP contribution in [-0.4, -0.2) is 28.7 Å². The Morgan fingerprint density at radius 2 is 1.44 bits per heavy atom. The Bertz CT molecular complexity index is 866. The first kappa shape index (κ1) is 16.9. The first-order valence-electron chi connectivity index (χ1n) is 8.08. The zero-order chi connectivity index (χ0) is 18.3. The normalized spacial score (nSPS) is 14.5. The van der Waals surface area contributed by atoms with Crippen molar-refractivity contribution in [3.63, 3.8) is 0 Å². The van der Waals surface area contributed by atoms with Crippen LogP contribution in [0.1, 0.15) is 44.3 Å². The van der Waals surface area contributed by atoms with E-state index in [-0.39, 0.29) is 0 Å². The molecule has 0 saturated carbocycles. The molecule has 0 aliphatic carbocycles. The largest absolute Gasteiger partial charge is 0.424 e. The highest BCUT2D eigenvalue weighted by atomic mass is 16.5. The van der Waals surface area contributed by atoms with Gasteiger partial charge in [0.15, 0.2) is 0 Å². The molecule has 1 aliphatic heterocycles. The number of carbonyl (C=O) groups is 3. The van der Waals surface area contributed by atoms with E-state index in [1.165, 1.54) is 6.92 Å². The van der Waals surface area contributed by atoms with Crippen LogP contribution >= 0.6 is 0 Å². The van der Waals surface area contributed by atoms with Crippen LogP contribution < -0.4 is 4.74 Å². The average molecular weight is 337 g/mol. The van der Waals surface area contributed by atoms with Crippen LogP contribution in [0.5, 0.6) is 5.75 Å². The Morgan fingerprint density at radius 1 is 0.920 bits per heavy atom. The topological polar surface area (TPSA) is 63.7 Å². The van der Waals surface area contributed by atoms with Crippen LogP contribution in [-0.2, 0) is 4.79 Å². The first-order chi connectivity index (χ1) is 11.8. The molecule has 1 unspecified atom stereocenters. The lowest BCUT2D eigenvalue weighted by Gasteiger charge is -2.22. The van der Waals surface area contributed by atoms with Crippen molar-refractivity contribution >= 4 is 17.8 Å². The molecule has 5 heteroatoms. The van der Waals surface area contributed by atoms with Crippen molar-refractivity contribution in [2.45, 2.75) is 33.7 Å². The lowest BCUT2D eigenvalue weighted by molar-refractivity contribution is -0.138. The summed E-state index contributed by atoms with van der Waals surface area (Å²) in [6.07, 6.45) is 0. The minimum Gasteiger partial charge on any atom is -0.424 e. The molecule has 128 valence electrons. The van der Waals surface area contributed by atoms with Crippen LogP contribution in [0.2, 0.25) is 0 Å². The van der Waals surface area contributed by atoms with Crippen molar-refractivity contribution in [2.75, 3.05) is 0 Å². The molecule has 1 aliphatic rings. The number of esters is 1. The Labute approximate surface area is 146 Å². The standard InChI is InChI=1S/C20H19NO4/c1-11-9-10-12(2)17(13(11)3)25-20(24)14(4)21-18(22)15-7-5-6-8-16(15)19(21)23/h5-10,14H,1-4H3. The van der Waals surface area contributed by atoms with Gasteiger partial charge in [0, 0.05) is 0 Å². The number of benzene rings is 2. The summed E-state index contributed by atoms with van der Waals surface area (Å²) in [5.41, 5.74) is 3.32. The van der Waals surface area contributed by atoms with Crippen LogP contribution in [0.25, 0.3) is 0 Å². The first-order valence-corrected chi connectivity index (χ1v) is 8.08. The molecule has 0 spiro atoms. The molecule has 1 atom stereocenters. The molecule has 0 saturated heterocycles. The Morgan fingerprint density at radius 3 is 2.00 bits per heavy atom. The van der Waals surface area contributed by atoms with Crippen LogP contribution in [0.15, 0.2) is 36.4 Å². The van der Waals surface area contributed by atoms with Crippen molar-refractivity contribution in [1.29, 1.82) is 0 Å². The molecule has 0 aromatic heterocycles. The van der Waals surface area contributed by atoms with Crippen molar-refractivity contribution in [3.05, 3.63) is 64.2 Å². The van der Waals surface area contributed by atoms with Gasteiger partial charge in [-0.2, -0.15) is 0 Å². The predicted octanol–water partition coefficient (Wildman–Crippen LogP) is 3.20. The molecule has 3 rings (SSSR count). The summed E-state index contributed by atoms with van der Waals surface area (Å²) in [5.74, 6) is -1.09. The summed E-state index contributed by atoms with van der Waals surface area (Å²) in [6, 6.07) is 9.37. The molecule has 2 aromatic rings. The Balaban J connectivity index is 1.87. The molecule has 2 aromatic carbocycles. The molecule has 1 heterocycles. The molecule has 0 radical (unpaired) electrons. The van der Waals surface area contributed by atoms with E-state index in [9.17, 15) is 14.4 Å². The third kappa shape index (κ3) is 2.71. The third-order valence-electron chi connectivity index (χ3n) is 4.63. The van der Waals surface area contributed by atoms with E-state index in [1.54, 1.807) is 24.3 Å². The monoisotopic (exact) mass is 337 g/mol. The molecule has 0 fully saturated rings. The number of aryl methyl sites for hydroxylation is 2. The van der Waals surface area contributed by atoms with Crippen molar-refractivity contribution < 1.29 is 19.1 Å². The summed E-state index contributed by atoms with van der Waals surface area (Å²) < 4.78 is 5.54. The fourth-order valence-corrected chi connectivity index (χ4v) is 2.93. The van der Waals surface area contributed by atoms with Crippen LogP contribution in [0.3, 0.4) is 0 Å². The number of hydrogen-bond donors (Lipinski definition) is 0. The number of amides is 2. The highest BCUT2D eigenvalue weighted by Gasteiger charge is 2.41. The number of carbonyl (C=O) groups excluding carboxylic acids is 3. The number of fused-ring (bicyclic) bond motifs is 1. The van der Waals surface area contributed by atoms with Crippen LogP contribution in [0, 0.1) is 20.8 Å². The minimum atomic E-state index is -1.01. The fraction of sp³-hybridized carbons (Fsp3) is 0.250. The smallest absolute Gasteiger partial charge is 0.334 e. The Hall–Kier alpha value is -2.95. The summed E-state index contributed by atoms with van der Waals surface area (Å²) in [5, 5.41) is 0.